The molecule has 0 aliphatic carbocycles. The molecule has 1 fully saturated rings. The van der Waals surface area contributed by atoms with Gasteiger partial charge in [0.25, 0.3) is 0 Å². The van der Waals surface area contributed by atoms with Crippen LogP contribution in [0.4, 0.5) is 0 Å². The molecule has 90 valence electrons. The Bertz CT molecular complexity index is 262. The second-order valence-corrected chi connectivity index (χ2v) is 3.93. The number of carbonyl (C=O) groups excluding carboxylic acids is 1. The number of nitrogens with zero attached hydrogens (tertiary/aromatic N) is 1. The summed E-state index contributed by atoms with van der Waals surface area (Å²) in [6, 6.07) is 1.87. The maximum atomic E-state index is 11.2. The van der Waals surface area contributed by atoms with Gasteiger partial charge in [0.15, 0.2) is 0 Å². The van der Waals surface area contributed by atoms with Crippen LogP contribution in [0, 0.1) is 17.2 Å². The molecule has 1 aliphatic rings. The molecule has 0 aromatic carbocycles. The van der Waals surface area contributed by atoms with E-state index in [1.807, 2.05) is 6.07 Å². The zero-order valence-corrected chi connectivity index (χ0v) is 9.66. The third-order valence-electron chi connectivity index (χ3n) is 2.81. The van der Waals surface area contributed by atoms with Crippen molar-refractivity contribution in [1.82, 2.24) is 10.6 Å². The van der Waals surface area contributed by atoms with Crippen LogP contribution in [-0.2, 0) is 9.53 Å². The first-order valence-electron chi connectivity index (χ1n) is 5.74. The Labute approximate surface area is 96.2 Å². The standard InChI is InChI=1S/C11H19N3O2/c1-2-10-9(3-6-16-10)7-13-8-11(15)14-5-4-12/h9-10,13H,2-3,5-8H2,1H3,(H,14,15). The molecule has 1 heterocycles. The highest BCUT2D eigenvalue weighted by Gasteiger charge is 2.26. The van der Waals surface area contributed by atoms with E-state index in [9.17, 15) is 4.79 Å². The Kier molecular flexibility index (Phi) is 5.83. The summed E-state index contributed by atoms with van der Waals surface area (Å²) in [4.78, 5) is 11.2. The molecule has 1 rings (SSSR count). The van der Waals surface area contributed by atoms with E-state index in [4.69, 9.17) is 10.00 Å². The van der Waals surface area contributed by atoms with Crippen LogP contribution in [0.2, 0.25) is 0 Å². The van der Waals surface area contributed by atoms with Crippen LogP contribution >= 0.6 is 0 Å². The summed E-state index contributed by atoms with van der Waals surface area (Å²) in [6.07, 6.45) is 2.41. The molecule has 1 aliphatic heterocycles. The van der Waals surface area contributed by atoms with Gasteiger partial charge in [0.05, 0.1) is 18.7 Å². The van der Waals surface area contributed by atoms with Crippen molar-refractivity contribution in [3.8, 4) is 6.07 Å². The minimum atomic E-state index is -0.131. The zero-order valence-electron chi connectivity index (χ0n) is 9.66. The lowest BCUT2D eigenvalue weighted by molar-refractivity contribution is -0.120. The number of rotatable bonds is 6. The van der Waals surface area contributed by atoms with E-state index in [2.05, 4.69) is 17.6 Å². The van der Waals surface area contributed by atoms with E-state index in [-0.39, 0.29) is 19.0 Å². The largest absolute Gasteiger partial charge is 0.378 e. The number of hydrogen-bond acceptors (Lipinski definition) is 4. The molecule has 2 atom stereocenters. The van der Waals surface area contributed by atoms with E-state index < -0.39 is 0 Å². The molecule has 1 amide bonds. The summed E-state index contributed by atoms with van der Waals surface area (Å²) in [5.74, 6) is 0.377. The molecule has 0 radical (unpaired) electrons. The maximum Gasteiger partial charge on any atom is 0.234 e. The first-order chi connectivity index (χ1) is 7.77. The predicted molar refractivity (Wildman–Crippen MR) is 59.6 cm³/mol. The minimum Gasteiger partial charge on any atom is -0.378 e. The van der Waals surface area contributed by atoms with Gasteiger partial charge in [-0.25, -0.2) is 0 Å². The van der Waals surface area contributed by atoms with Crippen molar-refractivity contribution >= 4 is 5.91 Å². The molecule has 1 saturated heterocycles. The molecule has 5 heteroatoms. The van der Waals surface area contributed by atoms with Crippen LogP contribution in [0.1, 0.15) is 19.8 Å². The third-order valence-corrected chi connectivity index (χ3v) is 2.81. The average molecular weight is 225 g/mol. The molecule has 0 bridgehead atoms. The monoisotopic (exact) mass is 225 g/mol. The van der Waals surface area contributed by atoms with Crippen LogP contribution in [0.15, 0.2) is 0 Å². The van der Waals surface area contributed by atoms with Crippen molar-refractivity contribution in [1.29, 1.82) is 5.26 Å². The van der Waals surface area contributed by atoms with Crippen molar-refractivity contribution in [2.24, 2.45) is 5.92 Å². The fraction of sp³-hybridized carbons (Fsp3) is 0.818. The second kappa shape index (κ2) is 7.20. The summed E-state index contributed by atoms with van der Waals surface area (Å²) in [6.45, 7) is 4.09. The Morgan fingerprint density at radius 1 is 1.62 bits per heavy atom. The highest BCUT2D eigenvalue weighted by Crippen LogP contribution is 2.22. The van der Waals surface area contributed by atoms with Gasteiger partial charge in [0.1, 0.15) is 6.54 Å². The van der Waals surface area contributed by atoms with Gasteiger partial charge in [-0.2, -0.15) is 5.26 Å². The topological polar surface area (TPSA) is 74.2 Å². The summed E-state index contributed by atoms with van der Waals surface area (Å²) in [5.41, 5.74) is 0. The molecule has 0 aromatic rings. The first-order valence-corrected chi connectivity index (χ1v) is 5.74. The molecule has 2 N–H and O–H groups in total. The minimum absolute atomic E-state index is 0.0740. The lowest BCUT2D eigenvalue weighted by Crippen LogP contribution is -2.37. The van der Waals surface area contributed by atoms with Gasteiger partial charge < -0.3 is 15.4 Å². The molecular formula is C11H19N3O2. The van der Waals surface area contributed by atoms with Gasteiger partial charge in [-0.05, 0) is 18.8 Å². The van der Waals surface area contributed by atoms with Crippen LogP contribution in [0.25, 0.3) is 0 Å². The van der Waals surface area contributed by atoms with Crippen LogP contribution < -0.4 is 10.6 Å². The number of nitrogens with one attached hydrogen (secondary N) is 2. The van der Waals surface area contributed by atoms with Crippen molar-refractivity contribution in [3.05, 3.63) is 0 Å². The van der Waals surface area contributed by atoms with Crippen molar-refractivity contribution in [2.75, 3.05) is 26.2 Å². The van der Waals surface area contributed by atoms with E-state index >= 15 is 0 Å². The SMILES string of the molecule is CCC1OCCC1CNCC(=O)NCC#N. The summed E-state index contributed by atoms with van der Waals surface area (Å²) in [7, 11) is 0. The molecule has 5 nitrogen and oxygen atoms in total. The van der Waals surface area contributed by atoms with Gasteiger partial charge in [-0.3, -0.25) is 4.79 Å². The van der Waals surface area contributed by atoms with Gasteiger partial charge in [-0.1, -0.05) is 6.92 Å². The molecule has 16 heavy (non-hydrogen) atoms. The molecular weight excluding hydrogens is 206 g/mol. The Hall–Kier alpha value is -1.12. The van der Waals surface area contributed by atoms with Gasteiger partial charge in [0, 0.05) is 13.2 Å². The summed E-state index contributed by atoms with van der Waals surface area (Å²) < 4.78 is 5.55. The van der Waals surface area contributed by atoms with Crippen LogP contribution in [0.5, 0.6) is 0 Å². The average Bonchev–Trinajstić information content (AvgIpc) is 2.74. The lowest BCUT2D eigenvalue weighted by Gasteiger charge is -2.16. The Balaban J connectivity index is 2.10. The van der Waals surface area contributed by atoms with Crippen molar-refractivity contribution in [3.63, 3.8) is 0 Å². The Morgan fingerprint density at radius 3 is 3.12 bits per heavy atom. The molecule has 2 unspecified atom stereocenters. The van der Waals surface area contributed by atoms with Crippen LogP contribution in [-0.4, -0.2) is 38.3 Å². The predicted octanol–water partition coefficient (Wildman–Crippen LogP) is 0.0309. The highest BCUT2D eigenvalue weighted by molar-refractivity contribution is 5.78. The summed E-state index contributed by atoms with van der Waals surface area (Å²) >= 11 is 0. The lowest BCUT2D eigenvalue weighted by atomic mass is 10.00. The van der Waals surface area contributed by atoms with E-state index in [0.717, 1.165) is 26.0 Å². The van der Waals surface area contributed by atoms with Crippen molar-refractivity contribution in [2.45, 2.75) is 25.9 Å². The number of nitriles is 1. The van der Waals surface area contributed by atoms with E-state index in [0.29, 0.717) is 12.0 Å². The first kappa shape index (κ1) is 12.9. The number of amides is 1. The molecule has 0 saturated carbocycles. The van der Waals surface area contributed by atoms with E-state index in [1.165, 1.54) is 0 Å². The number of carbonyl (C=O) groups is 1. The zero-order chi connectivity index (χ0) is 11.8. The quantitative estimate of drug-likeness (QED) is 0.625. The van der Waals surface area contributed by atoms with Gasteiger partial charge in [-0.15, -0.1) is 0 Å². The van der Waals surface area contributed by atoms with Gasteiger partial charge in [0.2, 0.25) is 5.91 Å². The Morgan fingerprint density at radius 2 is 2.44 bits per heavy atom. The molecule has 0 spiro atoms. The van der Waals surface area contributed by atoms with E-state index in [1.54, 1.807) is 0 Å². The molecule has 0 aromatic heterocycles. The normalized spacial score (nSPS) is 24.0. The third kappa shape index (κ3) is 4.17. The van der Waals surface area contributed by atoms with Crippen LogP contribution in [0.3, 0.4) is 0 Å². The highest BCUT2D eigenvalue weighted by atomic mass is 16.5. The fourth-order valence-corrected chi connectivity index (χ4v) is 1.95. The number of ether oxygens (including phenoxy) is 1. The fourth-order valence-electron chi connectivity index (χ4n) is 1.95. The maximum absolute atomic E-state index is 11.2. The summed E-state index contributed by atoms with van der Waals surface area (Å²) in [5, 5.41) is 13.9. The number of hydrogen-bond donors (Lipinski definition) is 2. The van der Waals surface area contributed by atoms with Gasteiger partial charge >= 0.3 is 0 Å². The smallest absolute Gasteiger partial charge is 0.234 e. The second-order valence-electron chi connectivity index (χ2n) is 3.93. The van der Waals surface area contributed by atoms with Crippen molar-refractivity contribution < 1.29 is 9.53 Å².